The van der Waals surface area contributed by atoms with Crippen LogP contribution in [0.4, 0.5) is 11.4 Å². The molecule has 0 atom stereocenters. The molecule has 2 N–H and O–H groups in total. The lowest BCUT2D eigenvalue weighted by Gasteiger charge is -2.22. The van der Waals surface area contributed by atoms with E-state index >= 15 is 0 Å². The standard InChI is InChI=1S/C16H23N3OS/c1-2-3-10-15(20)18-16(21)17-13-8-4-5-9-14(13)19-11-6-7-12-19/h4-5,8-9H,2-3,6-7,10-12H2,1H3,(H2,17,18,20,21). The molecule has 0 spiro atoms. The maximum atomic E-state index is 11.7. The largest absolute Gasteiger partial charge is 0.370 e. The average molecular weight is 305 g/mol. The Labute approximate surface area is 131 Å². The van der Waals surface area contributed by atoms with Crippen molar-refractivity contribution in [3.05, 3.63) is 24.3 Å². The normalized spacial score (nSPS) is 14.0. The highest BCUT2D eigenvalue weighted by atomic mass is 32.1. The third-order valence-electron chi connectivity index (χ3n) is 3.61. The van der Waals surface area contributed by atoms with Crippen molar-refractivity contribution in [3.63, 3.8) is 0 Å². The number of nitrogens with zero attached hydrogens (tertiary/aromatic N) is 1. The van der Waals surface area contributed by atoms with Crippen molar-refractivity contribution in [2.45, 2.75) is 39.0 Å². The molecule has 0 saturated carbocycles. The van der Waals surface area contributed by atoms with Crippen LogP contribution in [0.3, 0.4) is 0 Å². The molecular formula is C16H23N3OS. The van der Waals surface area contributed by atoms with Crippen LogP contribution in [-0.4, -0.2) is 24.1 Å². The Morgan fingerprint density at radius 2 is 2.00 bits per heavy atom. The van der Waals surface area contributed by atoms with E-state index in [1.807, 2.05) is 18.2 Å². The second kappa shape index (κ2) is 7.98. The van der Waals surface area contributed by atoms with E-state index in [1.165, 1.54) is 12.8 Å². The van der Waals surface area contributed by atoms with E-state index in [-0.39, 0.29) is 5.91 Å². The number of nitrogens with one attached hydrogen (secondary N) is 2. The second-order valence-corrected chi connectivity index (χ2v) is 5.73. The van der Waals surface area contributed by atoms with Crippen LogP contribution in [-0.2, 0) is 4.79 Å². The van der Waals surface area contributed by atoms with Crippen LogP contribution < -0.4 is 15.5 Å². The van der Waals surface area contributed by atoms with E-state index in [0.717, 1.165) is 37.3 Å². The van der Waals surface area contributed by atoms with Gasteiger partial charge in [0, 0.05) is 19.5 Å². The summed E-state index contributed by atoms with van der Waals surface area (Å²) in [5.41, 5.74) is 2.11. The molecule has 0 aromatic heterocycles. The van der Waals surface area contributed by atoms with E-state index in [0.29, 0.717) is 11.5 Å². The summed E-state index contributed by atoms with van der Waals surface area (Å²) in [5.74, 6) is -0.0204. The summed E-state index contributed by atoms with van der Waals surface area (Å²) in [4.78, 5) is 14.0. The molecule has 0 bridgehead atoms. The van der Waals surface area contributed by atoms with Crippen LogP contribution in [0.15, 0.2) is 24.3 Å². The maximum Gasteiger partial charge on any atom is 0.226 e. The predicted octanol–water partition coefficient (Wildman–Crippen LogP) is 3.29. The summed E-state index contributed by atoms with van der Waals surface area (Å²) in [6, 6.07) is 8.10. The smallest absolute Gasteiger partial charge is 0.226 e. The van der Waals surface area contributed by atoms with Crippen LogP contribution >= 0.6 is 12.2 Å². The van der Waals surface area contributed by atoms with E-state index in [1.54, 1.807) is 0 Å². The Morgan fingerprint density at radius 3 is 2.71 bits per heavy atom. The first kappa shape index (κ1) is 15.8. The number of benzene rings is 1. The van der Waals surface area contributed by atoms with Crippen LogP contribution in [0, 0.1) is 0 Å². The summed E-state index contributed by atoms with van der Waals surface area (Å²) in [6.45, 7) is 4.22. The first-order chi connectivity index (χ1) is 10.2. The van der Waals surface area contributed by atoms with Crippen molar-refractivity contribution >= 4 is 34.6 Å². The SMILES string of the molecule is CCCCC(=O)NC(=S)Nc1ccccc1N1CCCC1. The van der Waals surface area contributed by atoms with E-state index in [9.17, 15) is 4.79 Å². The third kappa shape index (κ3) is 4.70. The van der Waals surface area contributed by atoms with Crippen LogP contribution in [0.2, 0.25) is 0 Å². The Morgan fingerprint density at radius 1 is 1.29 bits per heavy atom. The number of hydrogen-bond acceptors (Lipinski definition) is 3. The summed E-state index contributed by atoms with van der Waals surface area (Å²) >= 11 is 5.24. The van der Waals surface area contributed by atoms with Gasteiger partial charge in [-0.15, -0.1) is 0 Å². The molecule has 1 saturated heterocycles. The lowest BCUT2D eigenvalue weighted by atomic mass is 10.2. The number of anilines is 2. The molecule has 1 aromatic carbocycles. The molecule has 5 heteroatoms. The van der Waals surface area contributed by atoms with Gasteiger partial charge in [-0.2, -0.15) is 0 Å². The summed E-state index contributed by atoms with van der Waals surface area (Å²) in [7, 11) is 0. The Kier molecular flexibility index (Phi) is 5.99. The fourth-order valence-electron chi connectivity index (χ4n) is 2.49. The zero-order valence-corrected chi connectivity index (χ0v) is 13.3. The quantitative estimate of drug-likeness (QED) is 0.819. The fourth-order valence-corrected chi connectivity index (χ4v) is 2.72. The number of hydrogen-bond donors (Lipinski definition) is 2. The molecule has 4 nitrogen and oxygen atoms in total. The van der Waals surface area contributed by atoms with E-state index < -0.39 is 0 Å². The van der Waals surface area contributed by atoms with Crippen LogP contribution in [0.25, 0.3) is 0 Å². The average Bonchev–Trinajstić information content (AvgIpc) is 2.99. The van der Waals surface area contributed by atoms with Gasteiger partial charge in [0.1, 0.15) is 0 Å². The first-order valence-corrected chi connectivity index (χ1v) is 8.06. The number of rotatable bonds is 5. The van der Waals surface area contributed by atoms with Crippen molar-refractivity contribution < 1.29 is 4.79 Å². The van der Waals surface area contributed by atoms with Crippen LogP contribution in [0.5, 0.6) is 0 Å². The van der Waals surface area contributed by atoms with Crippen LogP contribution in [0.1, 0.15) is 39.0 Å². The van der Waals surface area contributed by atoms with Crippen molar-refractivity contribution in [2.24, 2.45) is 0 Å². The van der Waals surface area contributed by atoms with E-state index in [4.69, 9.17) is 12.2 Å². The molecule has 0 unspecified atom stereocenters. The van der Waals surface area contributed by atoms with Gasteiger partial charge in [-0.1, -0.05) is 25.5 Å². The zero-order valence-electron chi connectivity index (χ0n) is 12.5. The highest BCUT2D eigenvalue weighted by Crippen LogP contribution is 2.28. The maximum absolute atomic E-state index is 11.7. The molecule has 1 aliphatic heterocycles. The van der Waals surface area contributed by atoms with Gasteiger partial charge in [0.15, 0.2) is 5.11 Å². The number of amides is 1. The van der Waals surface area contributed by atoms with Crippen molar-refractivity contribution in [2.75, 3.05) is 23.3 Å². The Balaban J connectivity index is 1.95. The molecule has 1 heterocycles. The van der Waals surface area contributed by atoms with E-state index in [2.05, 4.69) is 28.5 Å². The summed E-state index contributed by atoms with van der Waals surface area (Å²) < 4.78 is 0. The van der Waals surface area contributed by atoms with Gasteiger partial charge in [-0.3, -0.25) is 4.79 Å². The predicted molar refractivity (Wildman–Crippen MR) is 91.8 cm³/mol. The molecule has 1 aliphatic rings. The van der Waals surface area contributed by atoms with Gasteiger partial charge in [-0.05, 0) is 43.6 Å². The number of para-hydroxylation sites is 2. The molecule has 21 heavy (non-hydrogen) atoms. The van der Waals surface area contributed by atoms with Crippen molar-refractivity contribution in [3.8, 4) is 0 Å². The van der Waals surface area contributed by atoms with Gasteiger partial charge in [0.25, 0.3) is 0 Å². The van der Waals surface area contributed by atoms with Gasteiger partial charge < -0.3 is 15.5 Å². The number of thiocarbonyl (C=S) groups is 1. The minimum Gasteiger partial charge on any atom is -0.370 e. The van der Waals surface area contributed by atoms with Gasteiger partial charge >= 0.3 is 0 Å². The minimum absolute atomic E-state index is 0.0204. The number of carbonyl (C=O) groups is 1. The monoisotopic (exact) mass is 305 g/mol. The van der Waals surface area contributed by atoms with Crippen molar-refractivity contribution in [1.82, 2.24) is 5.32 Å². The summed E-state index contributed by atoms with van der Waals surface area (Å²) in [5, 5.41) is 6.27. The Hall–Kier alpha value is -1.62. The Bertz CT molecular complexity index is 498. The molecule has 0 aliphatic carbocycles. The minimum atomic E-state index is -0.0204. The second-order valence-electron chi connectivity index (χ2n) is 5.32. The lowest BCUT2D eigenvalue weighted by molar-refractivity contribution is -0.119. The zero-order chi connectivity index (χ0) is 15.1. The van der Waals surface area contributed by atoms with Crippen molar-refractivity contribution in [1.29, 1.82) is 0 Å². The summed E-state index contributed by atoms with van der Waals surface area (Å²) in [6.07, 6.45) is 4.87. The molecular weight excluding hydrogens is 282 g/mol. The lowest BCUT2D eigenvalue weighted by Crippen LogP contribution is -2.34. The highest BCUT2D eigenvalue weighted by Gasteiger charge is 2.16. The fraction of sp³-hybridized carbons (Fsp3) is 0.500. The topological polar surface area (TPSA) is 44.4 Å². The van der Waals surface area contributed by atoms with Gasteiger partial charge in [0.05, 0.1) is 11.4 Å². The molecule has 2 rings (SSSR count). The number of unbranched alkanes of at least 4 members (excludes halogenated alkanes) is 1. The molecule has 114 valence electrons. The van der Waals surface area contributed by atoms with Gasteiger partial charge in [0.2, 0.25) is 5.91 Å². The number of carbonyl (C=O) groups excluding carboxylic acids is 1. The third-order valence-corrected chi connectivity index (χ3v) is 3.81. The highest BCUT2D eigenvalue weighted by molar-refractivity contribution is 7.80. The van der Waals surface area contributed by atoms with Gasteiger partial charge in [-0.25, -0.2) is 0 Å². The molecule has 1 amide bonds. The molecule has 1 fully saturated rings. The molecule has 0 radical (unpaired) electrons. The molecule has 1 aromatic rings. The first-order valence-electron chi connectivity index (χ1n) is 7.65.